The van der Waals surface area contributed by atoms with E-state index in [1.165, 1.54) is 24.3 Å². The first kappa shape index (κ1) is 22.3. The van der Waals surface area contributed by atoms with Crippen molar-refractivity contribution in [3.05, 3.63) is 107 Å². The lowest BCUT2D eigenvalue weighted by molar-refractivity contribution is -0.138. The molecule has 3 aromatic rings. The highest BCUT2D eigenvalue weighted by Crippen LogP contribution is 2.34. The van der Waals surface area contributed by atoms with Crippen LogP contribution in [0, 0.1) is 12.7 Å². The number of aryl methyl sites for hydroxylation is 1. The van der Waals surface area contributed by atoms with Crippen molar-refractivity contribution < 1.29 is 27.2 Å². The van der Waals surface area contributed by atoms with Gasteiger partial charge in [0, 0.05) is 5.69 Å². The summed E-state index contributed by atoms with van der Waals surface area (Å²) in [6, 6.07) is 16.6. The van der Waals surface area contributed by atoms with Crippen molar-refractivity contribution >= 4 is 23.1 Å². The van der Waals surface area contributed by atoms with E-state index >= 15 is 0 Å². The fourth-order valence-corrected chi connectivity index (χ4v) is 3.51. The van der Waals surface area contributed by atoms with Gasteiger partial charge in [0.15, 0.2) is 0 Å². The maximum absolute atomic E-state index is 13.4. The van der Waals surface area contributed by atoms with Crippen LogP contribution < -0.4 is 5.32 Å². The molecule has 3 aromatic carbocycles. The molecule has 4 rings (SSSR count). The molecular formula is C25H18F4N2O2. The van der Waals surface area contributed by atoms with Crippen molar-refractivity contribution in [2.45, 2.75) is 19.6 Å². The van der Waals surface area contributed by atoms with Crippen LogP contribution in [0.2, 0.25) is 0 Å². The smallest absolute Gasteiger partial charge is 0.350 e. The number of carbonyl (C=O) groups excluding carboxylic acids is 2. The summed E-state index contributed by atoms with van der Waals surface area (Å²) in [6.07, 6.45) is -4.57. The average Bonchev–Trinajstić information content (AvgIpc) is 3.00. The van der Waals surface area contributed by atoms with Crippen molar-refractivity contribution in [2.75, 3.05) is 5.32 Å². The van der Waals surface area contributed by atoms with E-state index in [0.717, 1.165) is 34.7 Å². The molecule has 1 N–H and O–H groups in total. The zero-order valence-electron chi connectivity index (χ0n) is 17.4. The Bertz CT molecular complexity index is 1250. The Kier molecular flexibility index (Phi) is 5.76. The van der Waals surface area contributed by atoms with Gasteiger partial charge < -0.3 is 5.32 Å². The maximum Gasteiger partial charge on any atom is 0.416 e. The number of rotatable bonds is 5. The Morgan fingerprint density at radius 1 is 0.879 bits per heavy atom. The first-order valence-corrected chi connectivity index (χ1v) is 10.00. The largest absolute Gasteiger partial charge is 0.416 e. The van der Waals surface area contributed by atoms with Crippen LogP contribution in [0.1, 0.15) is 22.3 Å². The van der Waals surface area contributed by atoms with E-state index in [0.29, 0.717) is 5.56 Å². The van der Waals surface area contributed by atoms with Crippen molar-refractivity contribution in [1.82, 2.24) is 4.90 Å². The van der Waals surface area contributed by atoms with E-state index in [9.17, 15) is 27.2 Å². The van der Waals surface area contributed by atoms with Crippen LogP contribution in [-0.4, -0.2) is 16.7 Å². The number of benzene rings is 3. The molecule has 0 atom stereocenters. The molecule has 0 bridgehead atoms. The Morgan fingerprint density at radius 2 is 1.55 bits per heavy atom. The summed E-state index contributed by atoms with van der Waals surface area (Å²) in [7, 11) is 0. The van der Waals surface area contributed by atoms with E-state index in [-0.39, 0.29) is 29.1 Å². The fourth-order valence-electron chi connectivity index (χ4n) is 3.51. The van der Waals surface area contributed by atoms with Crippen molar-refractivity contribution in [2.24, 2.45) is 0 Å². The Balaban J connectivity index is 1.74. The summed E-state index contributed by atoms with van der Waals surface area (Å²) in [5, 5.41) is 2.70. The summed E-state index contributed by atoms with van der Waals surface area (Å²) in [5.41, 5.74) is 0.886. The number of hydrogen-bond acceptors (Lipinski definition) is 3. The predicted molar refractivity (Wildman–Crippen MR) is 115 cm³/mol. The van der Waals surface area contributed by atoms with Gasteiger partial charge in [-0.1, -0.05) is 48.0 Å². The molecule has 1 heterocycles. The monoisotopic (exact) mass is 454 g/mol. The highest BCUT2D eigenvalue weighted by molar-refractivity contribution is 6.36. The van der Waals surface area contributed by atoms with Crippen molar-refractivity contribution in [1.29, 1.82) is 0 Å². The molecule has 0 aliphatic carbocycles. The SMILES string of the molecule is Cc1ccc(CN2C(=O)C(Nc3cccc(C(F)(F)F)c3)=C(c3ccc(F)cc3)C2=O)cc1. The quantitative estimate of drug-likeness (QED) is 0.407. The van der Waals surface area contributed by atoms with Gasteiger partial charge in [0.05, 0.1) is 17.7 Å². The van der Waals surface area contributed by atoms with Gasteiger partial charge in [0.2, 0.25) is 0 Å². The Morgan fingerprint density at radius 3 is 2.18 bits per heavy atom. The van der Waals surface area contributed by atoms with Crippen molar-refractivity contribution in [3.63, 3.8) is 0 Å². The lowest BCUT2D eigenvalue weighted by atomic mass is 10.0. The number of hydrogen-bond donors (Lipinski definition) is 1. The van der Waals surface area contributed by atoms with Crippen molar-refractivity contribution in [3.8, 4) is 0 Å². The molecule has 1 aliphatic rings. The second kappa shape index (κ2) is 8.54. The van der Waals surface area contributed by atoms with Crippen LogP contribution in [0.4, 0.5) is 23.2 Å². The average molecular weight is 454 g/mol. The molecule has 0 aromatic heterocycles. The third kappa shape index (κ3) is 4.64. The van der Waals surface area contributed by atoms with Gasteiger partial charge in [-0.25, -0.2) is 4.39 Å². The number of carbonyl (C=O) groups is 2. The molecule has 0 saturated carbocycles. The van der Waals surface area contributed by atoms with Gasteiger partial charge in [-0.2, -0.15) is 13.2 Å². The lowest BCUT2D eigenvalue weighted by Crippen LogP contribution is -2.32. The minimum absolute atomic E-state index is 0.00206. The molecular weight excluding hydrogens is 436 g/mol. The molecule has 0 spiro atoms. The van der Waals surface area contributed by atoms with Crippen LogP contribution >= 0.6 is 0 Å². The number of alkyl halides is 3. The molecule has 168 valence electrons. The topological polar surface area (TPSA) is 49.4 Å². The normalized spacial score (nSPS) is 14.3. The summed E-state index contributed by atoms with van der Waals surface area (Å²) in [6.45, 7) is 1.89. The zero-order chi connectivity index (χ0) is 23.8. The Hall–Kier alpha value is -3.94. The van der Waals surface area contributed by atoms with E-state index < -0.39 is 29.4 Å². The Labute approximate surface area is 187 Å². The summed E-state index contributed by atoms with van der Waals surface area (Å²) in [5.74, 6) is -1.83. The summed E-state index contributed by atoms with van der Waals surface area (Å²) >= 11 is 0. The maximum atomic E-state index is 13.4. The van der Waals surface area contributed by atoms with E-state index in [2.05, 4.69) is 5.32 Å². The fraction of sp³-hybridized carbons (Fsp3) is 0.120. The molecule has 4 nitrogen and oxygen atoms in total. The van der Waals surface area contributed by atoms with Crippen LogP contribution in [-0.2, 0) is 22.3 Å². The third-order valence-electron chi connectivity index (χ3n) is 5.22. The van der Waals surface area contributed by atoms with E-state index in [1.807, 2.05) is 19.1 Å². The number of halogens is 4. The van der Waals surface area contributed by atoms with Gasteiger partial charge >= 0.3 is 6.18 Å². The highest BCUT2D eigenvalue weighted by Gasteiger charge is 2.39. The van der Waals surface area contributed by atoms with Crippen LogP contribution in [0.3, 0.4) is 0 Å². The molecule has 0 fully saturated rings. The van der Waals surface area contributed by atoms with Crippen LogP contribution in [0.25, 0.3) is 5.57 Å². The predicted octanol–water partition coefficient (Wildman–Crippen LogP) is 5.55. The van der Waals surface area contributed by atoms with Gasteiger partial charge in [0.25, 0.3) is 11.8 Å². The third-order valence-corrected chi connectivity index (χ3v) is 5.22. The number of nitrogens with zero attached hydrogens (tertiary/aromatic N) is 1. The second-order valence-corrected chi connectivity index (χ2v) is 7.64. The molecule has 1 aliphatic heterocycles. The molecule has 0 saturated heterocycles. The van der Waals surface area contributed by atoms with Gasteiger partial charge in [0.1, 0.15) is 11.5 Å². The van der Waals surface area contributed by atoms with Gasteiger partial charge in [-0.15, -0.1) is 0 Å². The summed E-state index contributed by atoms with van der Waals surface area (Å²) in [4.78, 5) is 27.5. The van der Waals surface area contributed by atoms with Gasteiger partial charge in [-0.3, -0.25) is 14.5 Å². The standard InChI is InChI=1S/C25H18F4N2O2/c1-15-5-7-16(8-6-15)14-31-23(32)21(17-9-11-19(26)12-10-17)22(24(31)33)30-20-4-2-3-18(13-20)25(27,28)29/h2-13,30H,14H2,1H3. The minimum Gasteiger partial charge on any atom is -0.350 e. The summed E-state index contributed by atoms with van der Waals surface area (Å²) < 4.78 is 52.8. The number of nitrogens with one attached hydrogen (secondary N) is 1. The number of amides is 2. The number of imide groups is 1. The first-order valence-electron chi connectivity index (χ1n) is 10.00. The van der Waals surface area contributed by atoms with Gasteiger partial charge in [-0.05, 0) is 48.4 Å². The minimum atomic E-state index is -4.57. The zero-order valence-corrected chi connectivity index (χ0v) is 17.4. The second-order valence-electron chi connectivity index (χ2n) is 7.64. The highest BCUT2D eigenvalue weighted by atomic mass is 19.4. The van der Waals surface area contributed by atoms with Crippen LogP contribution in [0.5, 0.6) is 0 Å². The lowest BCUT2D eigenvalue weighted by Gasteiger charge is -2.16. The van der Waals surface area contributed by atoms with E-state index in [4.69, 9.17) is 0 Å². The molecule has 33 heavy (non-hydrogen) atoms. The molecule has 0 radical (unpaired) electrons. The molecule has 8 heteroatoms. The van der Waals surface area contributed by atoms with Crippen LogP contribution in [0.15, 0.2) is 78.5 Å². The number of anilines is 1. The first-order chi connectivity index (χ1) is 15.6. The molecule has 0 unspecified atom stereocenters. The van der Waals surface area contributed by atoms with E-state index in [1.54, 1.807) is 12.1 Å². The molecule has 2 amide bonds.